The summed E-state index contributed by atoms with van der Waals surface area (Å²) in [5.74, 6) is 0.817. The molecule has 11 heavy (non-hydrogen) atoms. The molecule has 0 aromatic rings. The predicted molar refractivity (Wildman–Crippen MR) is 48.7 cm³/mol. The summed E-state index contributed by atoms with van der Waals surface area (Å²) in [6, 6.07) is 0.721. The molecule has 66 valence electrons. The van der Waals surface area contributed by atoms with Crippen LogP contribution in [0.25, 0.3) is 0 Å². The van der Waals surface area contributed by atoms with Crippen LogP contribution in [0.4, 0.5) is 0 Å². The first-order chi connectivity index (χ1) is 5.24. The van der Waals surface area contributed by atoms with Gasteiger partial charge in [-0.2, -0.15) is 0 Å². The first kappa shape index (κ1) is 9.01. The Kier molecular flexibility index (Phi) is 3.34. The molecule has 0 aromatic carbocycles. The van der Waals surface area contributed by atoms with Crippen molar-refractivity contribution in [3.8, 4) is 0 Å². The number of piperazine rings is 1. The van der Waals surface area contributed by atoms with Gasteiger partial charge in [0.2, 0.25) is 0 Å². The molecule has 2 nitrogen and oxygen atoms in total. The molecule has 1 heterocycles. The maximum absolute atomic E-state index is 3.56. The van der Waals surface area contributed by atoms with Crippen LogP contribution in [-0.4, -0.2) is 37.6 Å². The lowest BCUT2D eigenvalue weighted by Crippen LogP contribution is -2.51. The number of rotatable bonds is 2. The second kappa shape index (κ2) is 4.07. The topological polar surface area (TPSA) is 15.3 Å². The SMILES string of the molecule is CCC(C)C1CN(C)CCN1. The van der Waals surface area contributed by atoms with Crippen LogP contribution in [-0.2, 0) is 0 Å². The normalized spacial score (nSPS) is 30.3. The molecule has 0 bridgehead atoms. The van der Waals surface area contributed by atoms with Gasteiger partial charge in [0, 0.05) is 25.7 Å². The van der Waals surface area contributed by atoms with Crippen LogP contribution in [0.5, 0.6) is 0 Å². The Morgan fingerprint density at radius 2 is 2.36 bits per heavy atom. The van der Waals surface area contributed by atoms with Crippen molar-refractivity contribution in [2.24, 2.45) is 5.92 Å². The second-order valence-corrected chi connectivity index (χ2v) is 3.71. The minimum absolute atomic E-state index is 0.721. The van der Waals surface area contributed by atoms with Crippen LogP contribution in [0.2, 0.25) is 0 Å². The number of hydrogen-bond acceptors (Lipinski definition) is 2. The van der Waals surface area contributed by atoms with E-state index in [1.165, 1.54) is 19.5 Å². The summed E-state index contributed by atoms with van der Waals surface area (Å²) in [4.78, 5) is 2.41. The van der Waals surface area contributed by atoms with Gasteiger partial charge in [-0.15, -0.1) is 0 Å². The smallest absolute Gasteiger partial charge is 0.0220 e. The molecule has 1 N–H and O–H groups in total. The van der Waals surface area contributed by atoms with E-state index in [1.54, 1.807) is 0 Å². The molecule has 0 radical (unpaired) electrons. The summed E-state index contributed by atoms with van der Waals surface area (Å²) in [7, 11) is 2.20. The molecule has 1 saturated heterocycles. The zero-order valence-electron chi connectivity index (χ0n) is 7.93. The quantitative estimate of drug-likeness (QED) is 0.640. The van der Waals surface area contributed by atoms with Gasteiger partial charge in [-0.25, -0.2) is 0 Å². The molecule has 0 aromatic heterocycles. The van der Waals surface area contributed by atoms with E-state index in [4.69, 9.17) is 0 Å². The number of nitrogens with zero attached hydrogens (tertiary/aromatic N) is 1. The molecule has 0 aliphatic carbocycles. The summed E-state index contributed by atoms with van der Waals surface area (Å²) in [5, 5.41) is 3.56. The van der Waals surface area contributed by atoms with Crippen molar-refractivity contribution in [1.82, 2.24) is 10.2 Å². The molecule has 1 rings (SSSR count). The van der Waals surface area contributed by atoms with Gasteiger partial charge in [0.05, 0.1) is 0 Å². The zero-order valence-corrected chi connectivity index (χ0v) is 7.93. The Hall–Kier alpha value is -0.0800. The molecule has 0 spiro atoms. The van der Waals surface area contributed by atoms with E-state index in [9.17, 15) is 0 Å². The zero-order chi connectivity index (χ0) is 8.27. The molecule has 1 aliphatic rings. The van der Waals surface area contributed by atoms with E-state index in [0.717, 1.165) is 18.5 Å². The van der Waals surface area contributed by atoms with E-state index < -0.39 is 0 Å². The van der Waals surface area contributed by atoms with Crippen LogP contribution in [0.3, 0.4) is 0 Å². The lowest BCUT2D eigenvalue weighted by Gasteiger charge is -2.34. The fourth-order valence-corrected chi connectivity index (χ4v) is 1.60. The number of likely N-dealkylation sites (N-methyl/N-ethyl adjacent to an activating group) is 1. The third-order valence-electron chi connectivity index (χ3n) is 2.74. The first-order valence-corrected chi connectivity index (χ1v) is 4.66. The van der Waals surface area contributed by atoms with Crippen molar-refractivity contribution in [2.75, 3.05) is 26.7 Å². The Balaban J connectivity index is 2.33. The maximum Gasteiger partial charge on any atom is 0.0220 e. The lowest BCUT2D eigenvalue weighted by molar-refractivity contribution is 0.198. The van der Waals surface area contributed by atoms with Crippen LogP contribution in [0, 0.1) is 5.92 Å². The van der Waals surface area contributed by atoms with E-state index in [-0.39, 0.29) is 0 Å². The number of nitrogens with one attached hydrogen (secondary N) is 1. The highest BCUT2D eigenvalue weighted by Gasteiger charge is 2.20. The standard InChI is InChI=1S/C9H20N2/c1-4-8(2)9-7-11(3)6-5-10-9/h8-10H,4-7H2,1-3H3. The second-order valence-electron chi connectivity index (χ2n) is 3.71. The molecular weight excluding hydrogens is 136 g/mol. The van der Waals surface area contributed by atoms with Crippen molar-refractivity contribution >= 4 is 0 Å². The molecule has 2 atom stereocenters. The highest BCUT2D eigenvalue weighted by Crippen LogP contribution is 2.10. The largest absolute Gasteiger partial charge is 0.311 e. The monoisotopic (exact) mass is 156 g/mol. The number of hydrogen-bond donors (Lipinski definition) is 1. The van der Waals surface area contributed by atoms with Gasteiger partial charge in [-0.05, 0) is 13.0 Å². The van der Waals surface area contributed by atoms with Crippen LogP contribution in [0.15, 0.2) is 0 Å². The van der Waals surface area contributed by atoms with E-state index in [2.05, 4.69) is 31.1 Å². The Bertz CT molecular complexity index is 114. The molecule has 0 amide bonds. The first-order valence-electron chi connectivity index (χ1n) is 4.66. The molecule has 2 unspecified atom stereocenters. The fourth-order valence-electron chi connectivity index (χ4n) is 1.60. The van der Waals surface area contributed by atoms with E-state index >= 15 is 0 Å². The Labute approximate surface area is 70.0 Å². The Morgan fingerprint density at radius 1 is 1.64 bits per heavy atom. The third kappa shape index (κ3) is 2.46. The minimum Gasteiger partial charge on any atom is -0.311 e. The van der Waals surface area contributed by atoms with Gasteiger partial charge in [-0.1, -0.05) is 20.3 Å². The van der Waals surface area contributed by atoms with Gasteiger partial charge in [-0.3, -0.25) is 0 Å². The van der Waals surface area contributed by atoms with Gasteiger partial charge in [0.15, 0.2) is 0 Å². The maximum atomic E-state index is 3.56. The van der Waals surface area contributed by atoms with E-state index in [1.807, 2.05) is 0 Å². The highest BCUT2D eigenvalue weighted by molar-refractivity contribution is 4.80. The highest BCUT2D eigenvalue weighted by atomic mass is 15.2. The van der Waals surface area contributed by atoms with Crippen molar-refractivity contribution < 1.29 is 0 Å². The summed E-state index contributed by atoms with van der Waals surface area (Å²) < 4.78 is 0. The van der Waals surface area contributed by atoms with Crippen molar-refractivity contribution in [3.63, 3.8) is 0 Å². The third-order valence-corrected chi connectivity index (χ3v) is 2.74. The fraction of sp³-hybridized carbons (Fsp3) is 1.00. The van der Waals surface area contributed by atoms with Crippen LogP contribution in [0.1, 0.15) is 20.3 Å². The van der Waals surface area contributed by atoms with Crippen molar-refractivity contribution in [2.45, 2.75) is 26.3 Å². The minimum atomic E-state index is 0.721. The molecule has 1 fully saturated rings. The molecule has 2 heteroatoms. The van der Waals surface area contributed by atoms with Gasteiger partial charge >= 0.3 is 0 Å². The van der Waals surface area contributed by atoms with Crippen LogP contribution < -0.4 is 5.32 Å². The average molecular weight is 156 g/mol. The summed E-state index contributed by atoms with van der Waals surface area (Å²) in [6.45, 7) is 8.17. The average Bonchev–Trinajstić information content (AvgIpc) is 2.03. The van der Waals surface area contributed by atoms with Gasteiger partial charge in [0.1, 0.15) is 0 Å². The van der Waals surface area contributed by atoms with Crippen molar-refractivity contribution in [3.05, 3.63) is 0 Å². The Morgan fingerprint density at radius 3 is 2.91 bits per heavy atom. The van der Waals surface area contributed by atoms with Gasteiger partial charge < -0.3 is 10.2 Å². The summed E-state index contributed by atoms with van der Waals surface area (Å²) >= 11 is 0. The summed E-state index contributed by atoms with van der Waals surface area (Å²) in [5.41, 5.74) is 0. The lowest BCUT2D eigenvalue weighted by atomic mass is 9.97. The molecule has 0 saturated carbocycles. The molecular formula is C9H20N2. The van der Waals surface area contributed by atoms with Crippen LogP contribution >= 0.6 is 0 Å². The van der Waals surface area contributed by atoms with E-state index in [0.29, 0.717) is 0 Å². The molecule has 1 aliphatic heterocycles. The predicted octanol–water partition coefficient (Wildman–Crippen LogP) is 0.936. The van der Waals surface area contributed by atoms with Crippen molar-refractivity contribution in [1.29, 1.82) is 0 Å². The summed E-state index contributed by atoms with van der Waals surface area (Å²) in [6.07, 6.45) is 1.28. The van der Waals surface area contributed by atoms with Gasteiger partial charge in [0.25, 0.3) is 0 Å².